The minimum Gasteiger partial charge on any atom is -0.353 e. The summed E-state index contributed by atoms with van der Waals surface area (Å²) in [6, 6.07) is 0. The normalized spacial score (nSPS) is 11.2. The Kier molecular flexibility index (Phi) is 5.79. The van der Waals surface area contributed by atoms with Crippen LogP contribution in [0.25, 0.3) is 0 Å². The molecule has 0 fully saturated rings. The lowest BCUT2D eigenvalue weighted by atomic mass is 10.1. The van der Waals surface area contributed by atoms with Crippen molar-refractivity contribution in [3.05, 3.63) is 0 Å². The molecule has 0 aliphatic rings. The second-order valence-electron chi connectivity index (χ2n) is 2.95. The minimum absolute atomic E-state index is 0.436. The van der Waals surface area contributed by atoms with E-state index in [0.29, 0.717) is 0 Å². The van der Waals surface area contributed by atoms with Gasteiger partial charge < -0.3 is 9.47 Å². The minimum atomic E-state index is -0.436. The highest BCUT2D eigenvalue weighted by molar-refractivity contribution is 4.83. The summed E-state index contributed by atoms with van der Waals surface area (Å²) in [6.07, 6.45) is 8.94. The summed E-state index contributed by atoms with van der Waals surface area (Å²) in [6.45, 7) is 1.93. The fourth-order valence-corrected chi connectivity index (χ4v) is 0.961. The van der Waals surface area contributed by atoms with Crippen LogP contribution in [-0.4, -0.2) is 20.0 Å². The summed E-state index contributed by atoms with van der Waals surface area (Å²) in [5.74, 6) is 2.17. The standard InChI is InChI=1S/C10H18O2/c1-5-6-7-8-9-10(2,11-3)12-4/h1H,6-9H2,2-4H3. The Morgan fingerprint density at radius 1 is 1.25 bits per heavy atom. The number of methoxy groups -OCH3 is 2. The number of hydrogen-bond donors (Lipinski definition) is 0. The molecule has 0 heterocycles. The SMILES string of the molecule is C#CCCCCC(C)(OC)OC. The van der Waals surface area contributed by atoms with Crippen molar-refractivity contribution in [3.63, 3.8) is 0 Å². The Balaban J connectivity index is 3.53. The number of unbranched alkanes of at least 4 members (excludes halogenated alkanes) is 2. The van der Waals surface area contributed by atoms with E-state index in [0.717, 1.165) is 25.7 Å². The fraction of sp³-hybridized carbons (Fsp3) is 0.800. The van der Waals surface area contributed by atoms with E-state index in [1.807, 2.05) is 6.92 Å². The summed E-state index contributed by atoms with van der Waals surface area (Å²) in [5, 5.41) is 0. The zero-order chi connectivity index (χ0) is 9.45. The van der Waals surface area contributed by atoms with Crippen LogP contribution in [0.5, 0.6) is 0 Å². The van der Waals surface area contributed by atoms with Gasteiger partial charge in [-0.05, 0) is 19.8 Å². The monoisotopic (exact) mass is 170 g/mol. The summed E-state index contributed by atoms with van der Waals surface area (Å²) < 4.78 is 10.4. The van der Waals surface area contributed by atoms with Crippen LogP contribution >= 0.6 is 0 Å². The molecule has 0 radical (unpaired) electrons. The molecule has 0 aromatic rings. The van der Waals surface area contributed by atoms with Gasteiger partial charge in [0.15, 0.2) is 5.79 Å². The molecule has 0 amide bonds. The molecule has 2 nitrogen and oxygen atoms in total. The smallest absolute Gasteiger partial charge is 0.164 e. The molecule has 12 heavy (non-hydrogen) atoms. The molecule has 0 atom stereocenters. The number of rotatable bonds is 6. The Labute approximate surface area is 75.3 Å². The average molecular weight is 170 g/mol. The van der Waals surface area contributed by atoms with E-state index in [-0.39, 0.29) is 0 Å². The van der Waals surface area contributed by atoms with Gasteiger partial charge in [-0.3, -0.25) is 0 Å². The van der Waals surface area contributed by atoms with Crippen LogP contribution in [0.15, 0.2) is 0 Å². The molecule has 2 heteroatoms. The Morgan fingerprint density at radius 2 is 1.83 bits per heavy atom. The maximum Gasteiger partial charge on any atom is 0.164 e. The van der Waals surface area contributed by atoms with Crippen LogP contribution in [0, 0.1) is 12.3 Å². The van der Waals surface area contributed by atoms with Gasteiger partial charge in [-0.2, -0.15) is 0 Å². The van der Waals surface area contributed by atoms with Crippen LogP contribution in [0.4, 0.5) is 0 Å². The highest BCUT2D eigenvalue weighted by atomic mass is 16.7. The second kappa shape index (κ2) is 6.05. The van der Waals surface area contributed by atoms with Crippen molar-refractivity contribution in [2.45, 2.75) is 38.4 Å². The maximum atomic E-state index is 5.19. The van der Waals surface area contributed by atoms with Crippen LogP contribution in [-0.2, 0) is 9.47 Å². The van der Waals surface area contributed by atoms with Gasteiger partial charge >= 0.3 is 0 Å². The van der Waals surface area contributed by atoms with Gasteiger partial charge in [-0.25, -0.2) is 0 Å². The quantitative estimate of drug-likeness (QED) is 0.345. The molecule has 0 aliphatic heterocycles. The summed E-state index contributed by atoms with van der Waals surface area (Å²) in [4.78, 5) is 0. The van der Waals surface area contributed by atoms with Crippen molar-refractivity contribution < 1.29 is 9.47 Å². The third-order valence-corrected chi connectivity index (χ3v) is 2.07. The molecule has 0 rings (SSSR count). The molecular formula is C10H18O2. The average Bonchev–Trinajstić information content (AvgIpc) is 2.12. The van der Waals surface area contributed by atoms with Crippen LogP contribution < -0.4 is 0 Å². The fourth-order valence-electron chi connectivity index (χ4n) is 0.961. The van der Waals surface area contributed by atoms with E-state index in [9.17, 15) is 0 Å². The second-order valence-corrected chi connectivity index (χ2v) is 2.95. The third-order valence-electron chi connectivity index (χ3n) is 2.07. The first-order chi connectivity index (χ1) is 5.68. The van der Waals surface area contributed by atoms with Crippen LogP contribution in [0.3, 0.4) is 0 Å². The summed E-state index contributed by atoms with van der Waals surface area (Å²) in [7, 11) is 3.31. The predicted molar refractivity (Wildman–Crippen MR) is 49.7 cm³/mol. The van der Waals surface area contributed by atoms with Crippen molar-refractivity contribution in [2.24, 2.45) is 0 Å². The van der Waals surface area contributed by atoms with E-state index >= 15 is 0 Å². The van der Waals surface area contributed by atoms with E-state index in [4.69, 9.17) is 15.9 Å². The zero-order valence-electron chi connectivity index (χ0n) is 8.22. The Morgan fingerprint density at radius 3 is 2.25 bits per heavy atom. The van der Waals surface area contributed by atoms with Crippen molar-refractivity contribution in [2.75, 3.05) is 14.2 Å². The van der Waals surface area contributed by atoms with E-state index in [1.54, 1.807) is 14.2 Å². The van der Waals surface area contributed by atoms with Crippen molar-refractivity contribution >= 4 is 0 Å². The summed E-state index contributed by atoms with van der Waals surface area (Å²) in [5.41, 5.74) is 0. The molecule has 0 saturated heterocycles. The topological polar surface area (TPSA) is 18.5 Å². The zero-order valence-corrected chi connectivity index (χ0v) is 8.22. The number of hydrogen-bond acceptors (Lipinski definition) is 2. The van der Waals surface area contributed by atoms with Gasteiger partial charge in [0.05, 0.1) is 0 Å². The van der Waals surface area contributed by atoms with Gasteiger partial charge in [-0.15, -0.1) is 12.3 Å². The molecule has 0 aromatic carbocycles. The lowest BCUT2D eigenvalue weighted by molar-refractivity contribution is -0.197. The van der Waals surface area contributed by atoms with Gasteiger partial charge in [0.2, 0.25) is 0 Å². The van der Waals surface area contributed by atoms with Crippen LogP contribution in [0.2, 0.25) is 0 Å². The highest BCUT2D eigenvalue weighted by Gasteiger charge is 2.21. The van der Waals surface area contributed by atoms with Crippen molar-refractivity contribution in [1.82, 2.24) is 0 Å². The lowest BCUT2D eigenvalue weighted by Crippen LogP contribution is -2.29. The molecule has 70 valence electrons. The Hall–Kier alpha value is -0.520. The molecule has 0 N–H and O–H groups in total. The van der Waals surface area contributed by atoms with Gasteiger partial charge in [-0.1, -0.05) is 0 Å². The van der Waals surface area contributed by atoms with E-state index in [1.165, 1.54) is 0 Å². The largest absolute Gasteiger partial charge is 0.353 e. The van der Waals surface area contributed by atoms with Crippen molar-refractivity contribution in [3.8, 4) is 12.3 Å². The molecule has 0 aromatic heterocycles. The number of ether oxygens (including phenoxy) is 2. The molecule has 0 unspecified atom stereocenters. The van der Waals surface area contributed by atoms with E-state index < -0.39 is 5.79 Å². The van der Waals surface area contributed by atoms with Gasteiger partial charge in [0.25, 0.3) is 0 Å². The van der Waals surface area contributed by atoms with Gasteiger partial charge in [0.1, 0.15) is 0 Å². The Bertz CT molecular complexity index is 142. The maximum absolute atomic E-state index is 5.19. The highest BCUT2D eigenvalue weighted by Crippen LogP contribution is 2.18. The predicted octanol–water partition coefficient (Wildman–Crippen LogP) is 2.19. The third kappa shape index (κ3) is 4.38. The first kappa shape index (κ1) is 11.5. The first-order valence-corrected chi connectivity index (χ1v) is 4.22. The molecule has 0 aliphatic carbocycles. The lowest BCUT2D eigenvalue weighted by Gasteiger charge is -2.26. The molecule has 0 spiro atoms. The van der Waals surface area contributed by atoms with Gasteiger partial charge in [0, 0.05) is 27.1 Å². The molecular weight excluding hydrogens is 152 g/mol. The molecule has 0 saturated carbocycles. The molecule has 0 bridgehead atoms. The summed E-state index contributed by atoms with van der Waals surface area (Å²) >= 11 is 0. The van der Waals surface area contributed by atoms with Crippen LogP contribution in [0.1, 0.15) is 32.6 Å². The first-order valence-electron chi connectivity index (χ1n) is 4.22. The number of terminal acetylenes is 1. The van der Waals surface area contributed by atoms with E-state index in [2.05, 4.69) is 5.92 Å². The van der Waals surface area contributed by atoms with Crippen molar-refractivity contribution in [1.29, 1.82) is 0 Å².